The standard InChI is InChI=1S/C22H26N4O2/c1-15(2)21-23-16(3)12-20(24-21)25-8-10-26(11-9-25)22(27)18-13-17-6-4-5-7-19(17)28-14-18/h4-7,12-13,15H,8-11,14H2,1-3H3. The van der Waals surface area contributed by atoms with Gasteiger partial charge >= 0.3 is 0 Å². The van der Waals surface area contributed by atoms with Crippen LogP contribution in [-0.4, -0.2) is 53.6 Å². The third-order valence-electron chi connectivity index (χ3n) is 5.17. The number of para-hydroxylation sites is 1. The zero-order valence-electron chi connectivity index (χ0n) is 16.7. The largest absolute Gasteiger partial charge is 0.488 e. The molecular formula is C22H26N4O2. The van der Waals surface area contributed by atoms with Gasteiger partial charge in [-0.3, -0.25) is 4.79 Å². The first kappa shape index (κ1) is 18.5. The van der Waals surface area contributed by atoms with E-state index in [0.29, 0.717) is 31.2 Å². The molecule has 1 amide bonds. The van der Waals surface area contributed by atoms with Crippen LogP contribution in [0.2, 0.25) is 0 Å². The maximum atomic E-state index is 12.9. The van der Waals surface area contributed by atoms with Crippen LogP contribution >= 0.6 is 0 Å². The molecule has 1 fully saturated rings. The number of hydrogen-bond donors (Lipinski definition) is 0. The molecule has 1 saturated heterocycles. The summed E-state index contributed by atoms with van der Waals surface area (Å²) in [7, 11) is 0. The van der Waals surface area contributed by atoms with Crippen LogP contribution in [0, 0.1) is 6.92 Å². The highest BCUT2D eigenvalue weighted by Crippen LogP contribution is 2.27. The Kier molecular flexibility index (Phi) is 5.03. The van der Waals surface area contributed by atoms with Gasteiger partial charge in [-0.15, -0.1) is 0 Å². The van der Waals surface area contributed by atoms with Crippen molar-refractivity contribution >= 4 is 17.8 Å². The van der Waals surface area contributed by atoms with E-state index >= 15 is 0 Å². The average molecular weight is 378 g/mol. The summed E-state index contributed by atoms with van der Waals surface area (Å²) in [6, 6.07) is 9.83. The van der Waals surface area contributed by atoms with Crippen molar-refractivity contribution in [2.75, 3.05) is 37.7 Å². The van der Waals surface area contributed by atoms with E-state index in [1.165, 1.54) is 0 Å². The van der Waals surface area contributed by atoms with Gasteiger partial charge in [0.1, 0.15) is 24.0 Å². The summed E-state index contributed by atoms with van der Waals surface area (Å²) in [5.74, 6) is 3.02. The number of rotatable bonds is 3. The van der Waals surface area contributed by atoms with Crippen LogP contribution in [0.4, 0.5) is 5.82 Å². The lowest BCUT2D eigenvalue weighted by Gasteiger charge is -2.36. The van der Waals surface area contributed by atoms with Gasteiger partial charge in [0.25, 0.3) is 5.91 Å². The molecule has 0 N–H and O–H groups in total. The number of aryl methyl sites for hydroxylation is 1. The van der Waals surface area contributed by atoms with Crippen molar-refractivity contribution in [3.05, 3.63) is 53.0 Å². The Hall–Kier alpha value is -2.89. The minimum Gasteiger partial charge on any atom is -0.488 e. The summed E-state index contributed by atoms with van der Waals surface area (Å²) >= 11 is 0. The summed E-state index contributed by atoms with van der Waals surface area (Å²) in [5.41, 5.74) is 2.66. The van der Waals surface area contributed by atoms with Crippen molar-refractivity contribution in [3.8, 4) is 5.75 Å². The van der Waals surface area contributed by atoms with E-state index in [2.05, 4.69) is 23.7 Å². The van der Waals surface area contributed by atoms with Gasteiger partial charge in [0.05, 0.1) is 5.57 Å². The van der Waals surface area contributed by atoms with Crippen LogP contribution < -0.4 is 9.64 Å². The predicted octanol–water partition coefficient (Wildman–Crippen LogP) is 3.03. The van der Waals surface area contributed by atoms with E-state index in [9.17, 15) is 4.79 Å². The normalized spacial score (nSPS) is 16.5. The smallest absolute Gasteiger partial charge is 0.253 e. The van der Waals surface area contributed by atoms with Crippen molar-refractivity contribution in [2.24, 2.45) is 0 Å². The lowest BCUT2D eigenvalue weighted by atomic mass is 10.1. The summed E-state index contributed by atoms with van der Waals surface area (Å²) in [6.07, 6.45) is 1.95. The van der Waals surface area contributed by atoms with Gasteiger partial charge in [-0.05, 0) is 19.1 Å². The molecule has 0 bridgehead atoms. The van der Waals surface area contributed by atoms with Gasteiger partial charge in [-0.25, -0.2) is 9.97 Å². The summed E-state index contributed by atoms with van der Waals surface area (Å²) in [5, 5.41) is 0. The van der Waals surface area contributed by atoms with Crippen LogP contribution in [0.25, 0.3) is 6.08 Å². The molecule has 0 spiro atoms. The zero-order chi connectivity index (χ0) is 19.7. The van der Waals surface area contributed by atoms with E-state index in [0.717, 1.165) is 41.7 Å². The Morgan fingerprint density at radius 2 is 1.86 bits per heavy atom. The second-order valence-electron chi connectivity index (χ2n) is 7.66. The van der Waals surface area contributed by atoms with Crippen molar-refractivity contribution in [1.29, 1.82) is 0 Å². The van der Waals surface area contributed by atoms with Crippen LogP contribution in [0.15, 0.2) is 35.9 Å². The first-order valence-corrected chi connectivity index (χ1v) is 9.83. The second kappa shape index (κ2) is 7.62. The number of carbonyl (C=O) groups excluding carboxylic acids is 1. The van der Waals surface area contributed by atoms with Gasteiger partial charge in [-0.2, -0.15) is 0 Å². The third kappa shape index (κ3) is 3.72. The minimum absolute atomic E-state index is 0.0656. The van der Waals surface area contributed by atoms with Gasteiger partial charge in [-0.1, -0.05) is 32.0 Å². The SMILES string of the molecule is Cc1cc(N2CCN(C(=O)C3=Cc4ccccc4OC3)CC2)nc(C(C)C)n1. The lowest BCUT2D eigenvalue weighted by Crippen LogP contribution is -2.50. The van der Waals surface area contributed by atoms with E-state index in [4.69, 9.17) is 9.72 Å². The minimum atomic E-state index is 0.0656. The lowest BCUT2D eigenvalue weighted by molar-refractivity contribution is -0.127. The molecular weight excluding hydrogens is 352 g/mol. The molecule has 0 radical (unpaired) electrons. The van der Waals surface area contributed by atoms with E-state index in [-0.39, 0.29) is 5.91 Å². The van der Waals surface area contributed by atoms with Crippen LogP contribution in [0.1, 0.15) is 36.8 Å². The summed E-state index contributed by atoms with van der Waals surface area (Å²) < 4.78 is 5.74. The first-order valence-electron chi connectivity index (χ1n) is 9.83. The number of piperazine rings is 1. The number of ether oxygens (including phenoxy) is 1. The Morgan fingerprint density at radius 3 is 2.61 bits per heavy atom. The van der Waals surface area contributed by atoms with E-state index < -0.39 is 0 Å². The zero-order valence-corrected chi connectivity index (χ0v) is 16.7. The molecule has 146 valence electrons. The number of carbonyl (C=O) groups is 1. The highest BCUT2D eigenvalue weighted by Gasteiger charge is 2.26. The van der Waals surface area contributed by atoms with Crippen molar-refractivity contribution < 1.29 is 9.53 Å². The molecule has 28 heavy (non-hydrogen) atoms. The number of hydrogen-bond acceptors (Lipinski definition) is 5. The first-order chi connectivity index (χ1) is 13.5. The molecule has 6 heteroatoms. The summed E-state index contributed by atoms with van der Waals surface area (Å²) in [6.45, 7) is 9.44. The van der Waals surface area contributed by atoms with E-state index in [1.807, 2.05) is 48.2 Å². The molecule has 0 atom stereocenters. The van der Waals surface area contributed by atoms with Crippen molar-refractivity contribution in [3.63, 3.8) is 0 Å². The number of nitrogens with zero attached hydrogens (tertiary/aromatic N) is 4. The third-order valence-corrected chi connectivity index (χ3v) is 5.17. The average Bonchev–Trinajstić information content (AvgIpc) is 2.72. The number of anilines is 1. The maximum Gasteiger partial charge on any atom is 0.253 e. The Balaban J connectivity index is 1.43. The summed E-state index contributed by atoms with van der Waals surface area (Å²) in [4.78, 5) is 26.3. The molecule has 2 aliphatic heterocycles. The van der Waals surface area contributed by atoms with Gasteiger partial charge in [0, 0.05) is 49.4 Å². The monoisotopic (exact) mass is 378 g/mol. The number of fused-ring (bicyclic) bond motifs is 1. The van der Waals surface area contributed by atoms with Crippen molar-refractivity contribution in [1.82, 2.24) is 14.9 Å². The molecule has 0 unspecified atom stereocenters. The number of benzene rings is 1. The molecule has 1 aromatic carbocycles. The van der Waals surface area contributed by atoms with Gasteiger partial charge in [0.2, 0.25) is 0 Å². The fourth-order valence-corrected chi connectivity index (χ4v) is 3.58. The molecule has 0 aliphatic carbocycles. The maximum absolute atomic E-state index is 12.9. The molecule has 2 aromatic rings. The Labute approximate surface area is 165 Å². The highest BCUT2D eigenvalue weighted by molar-refractivity contribution is 5.99. The topological polar surface area (TPSA) is 58.6 Å². The van der Waals surface area contributed by atoms with Crippen LogP contribution in [-0.2, 0) is 4.79 Å². The van der Waals surface area contributed by atoms with E-state index in [1.54, 1.807) is 0 Å². The van der Waals surface area contributed by atoms with Gasteiger partial charge in [0.15, 0.2) is 0 Å². The number of aromatic nitrogens is 2. The predicted molar refractivity (Wildman–Crippen MR) is 110 cm³/mol. The van der Waals surface area contributed by atoms with Gasteiger partial charge < -0.3 is 14.5 Å². The van der Waals surface area contributed by atoms with Crippen molar-refractivity contribution in [2.45, 2.75) is 26.7 Å². The second-order valence-corrected chi connectivity index (χ2v) is 7.66. The Morgan fingerprint density at radius 1 is 1.11 bits per heavy atom. The fraction of sp³-hybridized carbons (Fsp3) is 0.409. The molecule has 3 heterocycles. The highest BCUT2D eigenvalue weighted by atomic mass is 16.5. The molecule has 2 aliphatic rings. The molecule has 1 aromatic heterocycles. The van der Waals surface area contributed by atoms with Crippen LogP contribution in [0.5, 0.6) is 5.75 Å². The number of amides is 1. The molecule has 0 saturated carbocycles. The molecule has 6 nitrogen and oxygen atoms in total. The van der Waals surface area contributed by atoms with Crippen LogP contribution in [0.3, 0.4) is 0 Å². The quantitative estimate of drug-likeness (QED) is 0.822. The fourth-order valence-electron chi connectivity index (χ4n) is 3.58. The Bertz CT molecular complexity index is 915. The molecule has 4 rings (SSSR count).